The Morgan fingerprint density at radius 3 is 2.23 bits per heavy atom. The van der Waals surface area contributed by atoms with Gasteiger partial charge in [0.15, 0.2) is 21.5 Å². The summed E-state index contributed by atoms with van der Waals surface area (Å²) in [7, 11) is -2.58. The van der Waals surface area contributed by atoms with E-state index in [0.29, 0.717) is 6.07 Å². The number of sulfone groups is 1. The number of rotatable bonds is 4. The number of nitrogens with zero attached hydrogens (tertiary/aromatic N) is 6. The number of pyridine rings is 2. The Hall–Kier alpha value is -3.62. The molecule has 0 amide bonds. The Bertz CT molecular complexity index is 1550. The molecule has 0 atom stereocenters. The second kappa shape index (κ2) is 8.25. The zero-order valence-electron chi connectivity index (χ0n) is 17.8. The Balaban J connectivity index is 1.92. The van der Waals surface area contributed by atoms with Gasteiger partial charge in [0.05, 0.1) is 27.9 Å². The maximum Gasteiger partial charge on any atom is 0.433 e. The monoisotopic (exact) mass is 516 g/mol. The molecule has 4 aromatic heterocycles. The van der Waals surface area contributed by atoms with Gasteiger partial charge < -0.3 is 4.57 Å². The first-order valence-corrected chi connectivity index (χ1v) is 11.4. The number of aryl methyl sites for hydroxylation is 1. The molecular weight excluding hydrogens is 502 g/mol. The van der Waals surface area contributed by atoms with E-state index in [2.05, 4.69) is 24.9 Å². The van der Waals surface area contributed by atoms with Crippen molar-refractivity contribution in [2.75, 3.05) is 5.75 Å². The van der Waals surface area contributed by atoms with Crippen LogP contribution in [0, 0.1) is 0 Å². The average molecular weight is 516 g/mol. The molecule has 0 saturated carbocycles. The number of hydrogen-bond donors (Lipinski definition) is 0. The second-order valence-corrected chi connectivity index (χ2v) is 9.53. The van der Waals surface area contributed by atoms with Gasteiger partial charge in [-0.25, -0.2) is 28.4 Å². The summed E-state index contributed by atoms with van der Waals surface area (Å²) in [5, 5.41) is 0. The molecule has 35 heavy (non-hydrogen) atoms. The Morgan fingerprint density at radius 2 is 1.60 bits per heavy atom. The van der Waals surface area contributed by atoms with Crippen LogP contribution in [0.3, 0.4) is 0 Å². The van der Waals surface area contributed by atoms with Crippen LogP contribution < -0.4 is 0 Å². The molecule has 0 aliphatic rings. The third-order valence-electron chi connectivity index (χ3n) is 5.04. The molecule has 4 rings (SSSR count). The Kier molecular flexibility index (Phi) is 5.78. The summed E-state index contributed by atoms with van der Waals surface area (Å²) in [6, 6.07) is 2.45. The predicted molar refractivity (Wildman–Crippen MR) is 110 cm³/mol. The third-order valence-corrected chi connectivity index (χ3v) is 6.78. The van der Waals surface area contributed by atoms with Crippen LogP contribution in [0.5, 0.6) is 0 Å². The largest absolute Gasteiger partial charge is 0.433 e. The van der Waals surface area contributed by atoms with Crippen LogP contribution >= 0.6 is 0 Å². The minimum absolute atomic E-state index is 0.0790. The molecule has 0 aromatic carbocycles. The highest BCUT2D eigenvalue weighted by Crippen LogP contribution is 2.34. The van der Waals surface area contributed by atoms with Crippen LogP contribution in [0.4, 0.5) is 26.3 Å². The van der Waals surface area contributed by atoms with E-state index in [0.717, 1.165) is 30.7 Å². The van der Waals surface area contributed by atoms with Crippen molar-refractivity contribution < 1.29 is 34.8 Å². The topological polar surface area (TPSA) is 104 Å². The van der Waals surface area contributed by atoms with Crippen molar-refractivity contribution in [2.24, 2.45) is 7.05 Å². The van der Waals surface area contributed by atoms with E-state index in [4.69, 9.17) is 0 Å². The van der Waals surface area contributed by atoms with Crippen molar-refractivity contribution in [2.45, 2.75) is 24.2 Å². The number of fused-ring (bicyclic) bond motifs is 1. The molecule has 8 nitrogen and oxygen atoms in total. The van der Waals surface area contributed by atoms with E-state index in [1.165, 1.54) is 18.5 Å². The first-order valence-electron chi connectivity index (χ1n) is 9.76. The lowest BCUT2D eigenvalue weighted by Crippen LogP contribution is -2.11. The maximum atomic E-state index is 13.1. The van der Waals surface area contributed by atoms with E-state index >= 15 is 0 Å². The summed E-state index contributed by atoms with van der Waals surface area (Å²) in [6.45, 7) is 1.35. The summed E-state index contributed by atoms with van der Waals surface area (Å²) in [4.78, 5) is 18.4. The van der Waals surface area contributed by atoms with Crippen LogP contribution in [0.15, 0.2) is 41.7 Å². The van der Waals surface area contributed by atoms with Gasteiger partial charge in [0.2, 0.25) is 0 Å². The summed E-state index contributed by atoms with van der Waals surface area (Å²) < 4.78 is 105. The molecule has 0 unspecified atom stereocenters. The third kappa shape index (κ3) is 4.54. The molecule has 184 valence electrons. The average Bonchev–Trinajstić information content (AvgIpc) is 3.13. The molecule has 0 fully saturated rings. The summed E-state index contributed by atoms with van der Waals surface area (Å²) >= 11 is 0. The molecule has 0 N–H and O–H groups in total. The van der Waals surface area contributed by atoms with Crippen LogP contribution in [0.25, 0.3) is 33.9 Å². The zero-order chi connectivity index (χ0) is 25.8. The quantitative estimate of drug-likeness (QED) is 0.372. The maximum absolute atomic E-state index is 13.1. The van der Waals surface area contributed by atoms with Crippen molar-refractivity contribution >= 4 is 20.9 Å². The van der Waals surface area contributed by atoms with Crippen LogP contribution in [-0.2, 0) is 29.2 Å². The van der Waals surface area contributed by atoms with E-state index in [9.17, 15) is 34.8 Å². The fourth-order valence-electron chi connectivity index (χ4n) is 3.24. The van der Waals surface area contributed by atoms with Crippen LogP contribution in [0.2, 0.25) is 0 Å². The van der Waals surface area contributed by atoms with Gasteiger partial charge >= 0.3 is 12.4 Å². The minimum atomic E-state index is -4.75. The van der Waals surface area contributed by atoms with Gasteiger partial charge in [-0.3, -0.25) is 4.98 Å². The van der Waals surface area contributed by atoms with E-state index in [1.54, 1.807) is 0 Å². The van der Waals surface area contributed by atoms with E-state index in [1.807, 2.05) is 0 Å². The van der Waals surface area contributed by atoms with Gasteiger partial charge in [0.1, 0.15) is 17.1 Å². The van der Waals surface area contributed by atoms with Gasteiger partial charge in [0, 0.05) is 25.0 Å². The van der Waals surface area contributed by atoms with Crippen LogP contribution in [-0.4, -0.2) is 43.7 Å². The number of aromatic nitrogens is 6. The number of hydrogen-bond acceptors (Lipinski definition) is 7. The summed E-state index contributed by atoms with van der Waals surface area (Å²) in [6.07, 6.45) is -6.57. The Morgan fingerprint density at radius 1 is 0.914 bits per heavy atom. The van der Waals surface area contributed by atoms with Crippen molar-refractivity contribution in [3.63, 3.8) is 0 Å². The number of alkyl halides is 6. The van der Waals surface area contributed by atoms with Crippen LogP contribution in [0.1, 0.15) is 18.3 Å². The molecule has 0 aliphatic heterocycles. The molecule has 0 radical (unpaired) electrons. The SMILES string of the molecule is CCS(=O)(=O)c1cc(-c2nccc(C(F)(F)F)n2)cnc1-c1nc2cc(C(F)(F)F)ncc2n1C. The van der Waals surface area contributed by atoms with E-state index < -0.39 is 45.2 Å². The zero-order valence-corrected chi connectivity index (χ0v) is 18.7. The predicted octanol–water partition coefficient (Wildman–Crippen LogP) is 4.32. The standard InChI is InChI=1S/C20H14F6N6O2S/c1-3-35(33,34)13-6-10(17-27-5-4-14(31-17)19(21,22)23)8-29-16(13)18-30-11-7-15(20(24,25)26)28-9-12(11)32(18)2/h4-9H,3H2,1-2H3. The molecule has 0 aliphatic carbocycles. The second-order valence-electron chi connectivity index (χ2n) is 7.29. The molecule has 15 heteroatoms. The van der Waals surface area contributed by atoms with Gasteiger partial charge in [-0.1, -0.05) is 6.92 Å². The van der Waals surface area contributed by atoms with Gasteiger partial charge in [0.25, 0.3) is 0 Å². The lowest BCUT2D eigenvalue weighted by atomic mass is 10.2. The Labute approximate surface area is 193 Å². The molecule has 0 spiro atoms. The molecule has 0 bridgehead atoms. The van der Waals surface area contributed by atoms with Gasteiger partial charge in [-0.2, -0.15) is 26.3 Å². The van der Waals surface area contributed by atoms with Gasteiger partial charge in [-0.05, 0) is 18.2 Å². The van der Waals surface area contributed by atoms with Crippen molar-refractivity contribution in [1.82, 2.24) is 29.5 Å². The lowest BCUT2D eigenvalue weighted by Gasteiger charge is -2.11. The highest BCUT2D eigenvalue weighted by atomic mass is 32.2. The number of imidazole rings is 1. The molecule has 4 heterocycles. The summed E-state index contributed by atoms with van der Waals surface area (Å²) in [5.41, 5.74) is -2.63. The highest BCUT2D eigenvalue weighted by Gasteiger charge is 2.34. The molecular formula is C20H14F6N6O2S. The van der Waals surface area contributed by atoms with Crippen molar-refractivity contribution in [1.29, 1.82) is 0 Å². The number of halogens is 6. The normalized spacial score (nSPS) is 12.9. The van der Waals surface area contributed by atoms with Crippen molar-refractivity contribution in [3.05, 3.63) is 48.2 Å². The first-order chi connectivity index (χ1) is 16.2. The lowest BCUT2D eigenvalue weighted by molar-refractivity contribution is -0.141. The summed E-state index contributed by atoms with van der Waals surface area (Å²) in [5.74, 6) is -0.877. The highest BCUT2D eigenvalue weighted by molar-refractivity contribution is 7.91. The van der Waals surface area contributed by atoms with Crippen molar-refractivity contribution in [3.8, 4) is 22.9 Å². The fraction of sp³-hybridized carbons (Fsp3) is 0.250. The minimum Gasteiger partial charge on any atom is -0.324 e. The first kappa shape index (κ1) is 24.5. The molecule has 0 saturated heterocycles. The molecule has 4 aromatic rings. The smallest absolute Gasteiger partial charge is 0.324 e. The van der Waals surface area contributed by atoms with Gasteiger partial charge in [-0.15, -0.1) is 0 Å². The fourth-order valence-corrected chi connectivity index (χ4v) is 4.29. The van der Waals surface area contributed by atoms with E-state index in [-0.39, 0.29) is 33.0 Å².